The molecule has 0 saturated heterocycles. The summed E-state index contributed by atoms with van der Waals surface area (Å²) in [5.41, 5.74) is 1.45. The van der Waals surface area contributed by atoms with E-state index in [0.29, 0.717) is 34.2 Å². The molecule has 0 radical (unpaired) electrons. The minimum absolute atomic E-state index is 0.0777. The number of fused-ring (bicyclic) bond motifs is 1. The second-order valence-electron chi connectivity index (χ2n) is 6.80. The van der Waals surface area contributed by atoms with Crippen molar-refractivity contribution in [1.82, 2.24) is 9.97 Å². The minimum Gasteiger partial charge on any atom is -0.496 e. The van der Waals surface area contributed by atoms with E-state index in [9.17, 15) is 9.59 Å². The van der Waals surface area contributed by atoms with Gasteiger partial charge in [-0.3, -0.25) is 9.59 Å². The van der Waals surface area contributed by atoms with E-state index < -0.39 is 5.92 Å². The largest absolute Gasteiger partial charge is 0.496 e. The maximum absolute atomic E-state index is 13.1. The van der Waals surface area contributed by atoms with Gasteiger partial charge in [-0.1, -0.05) is 30.3 Å². The maximum atomic E-state index is 13.1. The highest BCUT2D eigenvalue weighted by Gasteiger charge is 2.33. The molecule has 1 aliphatic heterocycles. The van der Waals surface area contributed by atoms with Gasteiger partial charge in [-0.2, -0.15) is 0 Å². The highest BCUT2D eigenvalue weighted by Crippen LogP contribution is 2.43. The third kappa shape index (κ3) is 3.36. The summed E-state index contributed by atoms with van der Waals surface area (Å²) in [5, 5.41) is 2.73. The third-order valence-electron chi connectivity index (χ3n) is 5.11. The number of amides is 1. The summed E-state index contributed by atoms with van der Waals surface area (Å²) in [4.78, 5) is 32.9. The fourth-order valence-corrected chi connectivity index (χ4v) is 3.69. The topological polar surface area (TPSA) is 103 Å². The quantitative estimate of drug-likeness (QED) is 0.674. The molecule has 8 heteroatoms. The normalized spacial score (nSPS) is 15.2. The Bertz CT molecular complexity index is 1160. The van der Waals surface area contributed by atoms with E-state index in [1.807, 2.05) is 30.3 Å². The van der Waals surface area contributed by atoms with Gasteiger partial charge in [-0.15, -0.1) is 0 Å². The van der Waals surface area contributed by atoms with Gasteiger partial charge in [0.2, 0.25) is 5.91 Å². The molecule has 0 fully saturated rings. The number of H-pyrrole nitrogens is 1. The Morgan fingerprint density at radius 3 is 2.27 bits per heavy atom. The van der Waals surface area contributed by atoms with Crippen LogP contribution in [0, 0.1) is 0 Å². The standard InChI is InChI=1S/C22H21N3O5/c1-28-15-11-17(30-3)16(29-2)9-13(15)14-10-18(26)23-21-19(14)22(27)25-20(24-21)12-7-5-4-6-8-12/h4-9,11,14H,10H2,1-3H3,(H2,23,24,25,26,27)/t14-/m1/s1. The Balaban J connectivity index is 1.89. The predicted molar refractivity (Wildman–Crippen MR) is 111 cm³/mol. The van der Waals surface area contributed by atoms with Crippen LogP contribution in [0.3, 0.4) is 0 Å². The molecular weight excluding hydrogens is 386 g/mol. The number of nitrogens with one attached hydrogen (secondary N) is 2. The lowest BCUT2D eigenvalue weighted by atomic mass is 9.86. The highest BCUT2D eigenvalue weighted by molar-refractivity contribution is 5.94. The smallest absolute Gasteiger partial charge is 0.257 e. The molecule has 4 rings (SSSR count). The van der Waals surface area contributed by atoms with E-state index in [4.69, 9.17) is 14.2 Å². The van der Waals surface area contributed by atoms with E-state index in [1.54, 1.807) is 12.1 Å². The number of hydrogen-bond donors (Lipinski definition) is 2. The Hall–Kier alpha value is -3.81. The molecule has 2 N–H and O–H groups in total. The fraction of sp³-hybridized carbons (Fsp3) is 0.227. The van der Waals surface area contributed by atoms with Crippen LogP contribution in [0.1, 0.15) is 23.5 Å². The number of nitrogens with zero attached hydrogens (tertiary/aromatic N) is 1. The first kappa shape index (κ1) is 19.5. The summed E-state index contributed by atoms with van der Waals surface area (Å²) in [6, 6.07) is 12.7. The van der Waals surface area contributed by atoms with Crippen LogP contribution in [0.15, 0.2) is 47.3 Å². The molecule has 0 spiro atoms. The number of rotatable bonds is 5. The van der Waals surface area contributed by atoms with Gasteiger partial charge >= 0.3 is 0 Å². The number of ether oxygens (including phenoxy) is 3. The minimum atomic E-state index is -0.551. The number of carbonyl (C=O) groups is 1. The number of hydrogen-bond acceptors (Lipinski definition) is 6. The first-order valence-electron chi connectivity index (χ1n) is 9.35. The second kappa shape index (κ2) is 7.90. The summed E-state index contributed by atoms with van der Waals surface area (Å²) < 4.78 is 16.3. The summed E-state index contributed by atoms with van der Waals surface area (Å²) >= 11 is 0. The van der Waals surface area contributed by atoms with Crippen LogP contribution in [0.25, 0.3) is 11.4 Å². The number of benzene rings is 2. The Morgan fingerprint density at radius 1 is 0.933 bits per heavy atom. The summed E-state index contributed by atoms with van der Waals surface area (Å²) in [6.45, 7) is 0. The lowest BCUT2D eigenvalue weighted by Gasteiger charge is -2.26. The second-order valence-corrected chi connectivity index (χ2v) is 6.80. The SMILES string of the molecule is COc1cc(OC)c([C@H]2CC(=O)Nc3nc(-c4ccccc4)[nH]c(=O)c32)cc1OC. The van der Waals surface area contributed by atoms with Gasteiger partial charge in [-0.25, -0.2) is 4.98 Å². The highest BCUT2D eigenvalue weighted by atomic mass is 16.5. The van der Waals surface area contributed by atoms with Crippen molar-refractivity contribution in [2.75, 3.05) is 26.6 Å². The third-order valence-corrected chi connectivity index (χ3v) is 5.11. The molecule has 1 aliphatic rings. The molecular formula is C22H21N3O5. The van der Waals surface area contributed by atoms with E-state index in [0.717, 1.165) is 5.56 Å². The van der Waals surface area contributed by atoms with E-state index in [1.165, 1.54) is 21.3 Å². The molecule has 1 aromatic heterocycles. The van der Waals surface area contributed by atoms with E-state index >= 15 is 0 Å². The van der Waals surface area contributed by atoms with Crippen LogP contribution < -0.4 is 25.1 Å². The van der Waals surface area contributed by atoms with Crippen LogP contribution in [0.2, 0.25) is 0 Å². The van der Waals surface area contributed by atoms with Gasteiger partial charge in [0, 0.05) is 29.5 Å². The average Bonchev–Trinajstić information content (AvgIpc) is 2.77. The molecule has 8 nitrogen and oxygen atoms in total. The Morgan fingerprint density at radius 2 is 1.60 bits per heavy atom. The molecule has 1 amide bonds. The van der Waals surface area contributed by atoms with Crippen molar-refractivity contribution in [1.29, 1.82) is 0 Å². The van der Waals surface area contributed by atoms with Gasteiger partial charge in [0.05, 0.1) is 26.9 Å². The number of carbonyl (C=O) groups excluding carboxylic acids is 1. The van der Waals surface area contributed by atoms with Crippen molar-refractivity contribution in [3.8, 4) is 28.6 Å². The van der Waals surface area contributed by atoms with E-state index in [2.05, 4.69) is 15.3 Å². The lowest BCUT2D eigenvalue weighted by Crippen LogP contribution is -2.31. The Labute approximate surface area is 172 Å². The lowest BCUT2D eigenvalue weighted by molar-refractivity contribution is -0.116. The zero-order valence-corrected chi connectivity index (χ0v) is 16.8. The Kier molecular flexibility index (Phi) is 5.14. The van der Waals surface area contributed by atoms with Crippen molar-refractivity contribution in [2.45, 2.75) is 12.3 Å². The molecule has 0 bridgehead atoms. The van der Waals surface area contributed by atoms with Crippen molar-refractivity contribution in [2.24, 2.45) is 0 Å². The fourth-order valence-electron chi connectivity index (χ4n) is 3.69. The predicted octanol–water partition coefficient (Wildman–Crippen LogP) is 2.94. The molecule has 30 heavy (non-hydrogen) atoms. The molecule has 154 valence electrons. The van der Waals surface area contributed by atoms with Crippen molar-refractivity contribution < 1.29 is 19.0 Å². The molecule has 1 atom stereocenters. The molecule has 0 aliphatic carbocycles. The van der Waals surface area contributed by atoms with Gasteiger partial charge in [0.1, 0.15) is 17.4 Å². The number of methoxy groups -OCH3 is 3. The zero-order valence-electron chi connectivity index (χ0n) is 16.8. The molecule has 2 aromatic carbocycles. The zero-order chi connectivity index (χ0) is 21.3. The van der Waals surface area contributed by atoms with Crippen LogP contribution in [0.5, 0.6) is 17.2 Å². The van der Waals surface area contributed by atoms with Crippen LogP contribution in [-0.2, 0) is 4.79 Å². The van der Waals surface area contributed by atoms with Gasteiger partial charge in [0.15, 0.2) is 11.5 Å². The average molecular weight is 407 g/mol. The summed E-state index contributed by atoms with van der Waals surface area (Å²) in [5.74, 6) is 1.31. The van der Waals surface area contributed by atoms with Crippen LogP contribution >= 0.6 is 0 Å². The maximum Gasteiger partial charge on any atom is 0.257 e. The van der Waals surface area contributed by atoms with Crippen molar-refractivity contribution in [3.63, 3.8) is 0 Å². The molecule has 3 aromatic rings. The molecule has 2 heterocycles. The summed E-state index contributed by atoms with van der Waals surface area (Å²) in [6.07, 6.45) is 0.0777. The monoisotopic (exact) mass is 407 g/mol. The van der Waals surface area contributed by atoms with Crippen molar-refractivity contribution in [3.05, 3.63) is 63.9 Å². The number of aromatic amines is 1. The van der Waals surface area contributed by atoms with Gasteiger partial charge < -0.3 is 24.5 Å². The van der Waals surface area contributed by atoms with Crippen molar-refractivity contribution >= 4 is 11.7 Å². The summed E-state index contributed by atoms with van der Waals surface area (Å²) in [7, 11) is 4.58. The number of anilines is 1. The van der Waals surface area contributed by atoms with Crippen LogP contribution in [0.4, 0.5) is 5.82 Å². The van der Waals surface area contributed by atoms with Gasteiger partial charge in [-0.05, 0) is 6.07 Å². The van der Waals surface area contributed by atoms with E-state index in [-0.39, 0.29) is 23.7 Å². The molecule has 0 unspecified atom stereocenters. The first-order chi connectivity index (χ1) is 14.5. The van der Waals surface area contributed by atoms with Gasteiger partial charge in [0.25, 0.3) is 5.56 Å². The first-order valence-corrected chi connectivity index (χ1v) is 9.35. The van der Waals surface area contributed by atoms with Crippen LogP contribution in [-0.4, -0.2) is 37.2 Å². The molecule has 0 saturated carbocycles. The number of aromatic nitrogens is 2.